The van der Waals surface area contributed by atoms with E-state index in [1.807, 2.05) is 0 Å². The maximum absolute atomic E-state index is 12.2. The van der Waals surface area contributed by atoms with E-state index < -0.39 is 4.92 Å². The van der Waals surface area contributed by atoms with Crippen molar-refractivity contribution < 1.29 is 14.5 Å². The number of rotatable bonds is 7. The van der Waals surface area contributed by atoms with Crippen LogP contribution in [0, 0.1) is 15.5 Å². The van der Waals surface area contributed by atoms with E-state index in [4.69, 9.17) is 4.74 Å². The van der Waals surface area contributed by atoms with E-state index in [1.165, 1.54) is 12.1 Å². The van der Waals surface area contributed by atoms with E-state index >= 15 is 0 Å². The molecule has 1 fully saturated rings. The van der Waals surface area contributed by atoms with Gasteiger partial charge in [0.25, 0.3) is 11.6 Å². The van der Waals surface area contributed by atoms with Gasteiger partial charge in [-0.25, -0.2) is 0 Å². The van der Waals surface area contributed by atoms with E-state index in [9.17, 15) is 14.9 Å². The van der Waals surface area contributed by atoms with Crippen LogP contribution in [0.3, 0.4) is 0 Å². The Morgan fingerprint density at radius 3 is 2.81 bits per heavy atom. The number of hydrogen-bond donors (Lipinski definition) is 1. The summed E-state index contributed by atoms with van der Waals surface area (Å²) in [5, 5.41) is 13.7. The number of nitro groups is 1. The molecule has 2 rings (SSSR count). The standard InChI is InChI=1S/C14H17BrN2O4/c1-21-8-7-14(5-6-14)9-16-13(18)10-3-2-4-11(12(10)15)17(19)20/h2-4H,5-9H2,1H3,(H,16,18). The molecule has 0 bridgehead atoms. The van der Waals surface area contributed by atoms with Crippen LogP contribution in [0.15, 0.2) is 22.7 Å². The van der Waals surface area contributed by atoms with Crippen molar-refractivity contribution in [3.8, 4) is 0 Å². The summed E-state index contributed by atoms with van der Waals surface area (Å²) in [5.74, 6) is -0.297. The quantitative estimate of drug-likeness (QED) is 0.601. The number of ether oxygens (including phenoxy) is 1. The van der Waals surface area contributed by atoms with Crippen molar-refractivity contribution in [3.63, 3.8) is 0 Å². The van der Waals surface area contributed by atoms with Gasteiger partial charge >= 0.3 is 0 Å². The number of carbonyl (C=O) groups excluding carboxylic acids is 1. The molecule has 21 heavy (non-hydrogen) atoms. The van der Waals surface area contributed by atoms with Gasteiger partial charge in [-0.05, 0) is 46.7 Å². The molecule has 114 valence electrons. The summed E-state index contributed by atoms with van der Waals surface area (Å²) in [6.07, 6.45) is 3.07. The van der Waals surface area contributed by atoms with Gasteiger partial charge in [-0.2, -0.15) is 0 Å². The van der Waals surface area contributed by atoms with E-state index in [0.29, 0.717) is 13.2 Å². The minimum Gasteiger partial charge on any atom is -0.385 e. The van der Waals surface area contributed by atoms with E-state index in [-0.39, 0.29) is 27.0 Å². The fourth-order valence-corrected chi connectivity index (χ4v) is 2.80. The summed E-state index contributed by atoms with van der Waals surface area (Å²) < 4.78 is 5.29. The fourth-order valence-electron chi connectivity index (χ4n) is 2.21. The first-order valence-corrected chi connectivity index (χ1v) is 7.48. The molecule has 1 N–H and O–H groups in total. The zero-order chi connectivity index (χ0) is 15.5. The third-order valence-corrected chi connectivity index (χ3v) is 4.67. The summed E-state index contributed by atoms with van der Waals surface area (Å²) in [4.78, 5) is 22.6. The van der Waals surface area contributed by atoms with Crippen LogP contribution in [0.5, 0.6) is 0 Å². The lowest BCUT2D eigenvalue weighted by Crippen LogP contribution is -2.31. The number of halogens is 1. The fraction of sp³-hybridized carbons (Fsp3) is 0.500. The molecular weight excluding hydrogens is 340 g/mol. The predicted octanol–water partition coefficient (Wildman–Crippen LogP) is 2.90. The summed E-state index contributed by atoms with van der Waals surface area (Å²) in [5.41, 5.74) is 0.314. The Morgan fingerprint density at radius 1 is 1.52 bits per heavy atom. The molecule has 1 aliphatic carbocycles. The summed E-state index contributed by atoms with van der Waals surface area (Å²) in [6.45, 7) is 1.25. The molecule has 1 aromatic rings. The normalized spacial score (nSPS) is 15.5. The second-order valence-electron chi connectivity index (χ2n) is 5.32. The molecule has 0 radical (unpaired) electrons. The summed E-state index contributed by atoms with van der Waals surface area (Å²) in [6, 6.07) is 4.44. The predicted molar refractivity (Wildman–Crippen MR) is 81.3 cm³/mol. The SMILES string of the molecule is COCCC1(CNC(=O)c2cccc([N+](=O)[O-])c2Br)CC1. The Kier molecular flexibility index (Phi) is 4.95. The van der Waals surface area contributed by atoms with Crippen molar-refractivity contribution in [2.75, 3.05) is 20.3 Å². The molecule has 6 nitrogen and oxygen atoms in total. The zero-order valence-corrected chi connectivity index (χ0v) is 13.3. The third kappa shape index (κ3) is 3.79. The van der Waals surface area contributed by atoms with Gasteiger partial charge in [0.15, 0.2) is 0 Å². The highest BCUT2D eigenvalue weighted by Crippen LogP contribution is 2.48. The third-order valence-electron chi connectivity index (χ3n) is 3.84. The van der Waals surface area contributed by atoms with Gasteiger partial charge in [0.1, 0.15) is 4.47 Å². The number of hydrogen-bond acceptors (Lipinski definition) is 4. The topological polar surface area (TPSA) is 81.5 Å². The van der Waals surface area contributed by atoms with Crippen LogP contribution >= 0.6 is 15.9 Å². The smallest absolute Gasteiger partial charge is 0.284 e. The van der Waals surface area contributed by atoms with Gasteiger partial charge in [0.05, 0.1) is 10.5 Å². The molecule has 7 heteroatoms. The number of benzene rings is 1. The van der Waals surface area contributed by atoms with Crippen LogP contribution in [-0.2, 0) is 4.74 Å². The largest absolute Gasteiger partial charge is 0.385 e. The van der Waals surface area contributed by atoms with Crippen LogP contribution in [0.2, 0.25) is 0 Å². The van der Waals surface area contributed by atoms with Gasteiger partial charge in [-0.3, -0.25) is 14.9 Å². The first-order valence-electron chi connectivity index (χ1n) is 6.69. The highest BCUT2D eigenvalue weighted by atomic mass is 79.9. The van der Waals surface area contributed by atoms with Gasteiger partial charge in [0.2, 0.25) is 0 Å². The molecule has 0 atom stereocenters. The van der Waals surface area contributed by atoms with Crippen LogP contribution < -0.4 is 5.32 Å². The lowest BCUT2D eigenvalue weighted by molar-refractivity contribution is -0.385. The minimum atomic E-state index is -0.512. The first kappa shape index (κ1) is 15.9. The molecule has 1 aliphatic rings. The molecule has 0 saturated heterocycles. The second-order valence-corrected chi connectivity index (χ2v) is 6.11. The number of methoxy groups -OCH3 is 1. The molecule has 0 aromatic heterocycles. The Hall–Kier alpha value is -1.47. The van der Waals surface area contributed by atoms with Crippen molar-refractivity contribution >= 4 is 27.5 Å². The second kappa shape index (κ2) is 6.53. The van der Waals surface area contributed by atoms with Crippen molar-refractivity contribution in [2.45, 2.75) is 19.3 Å². The first-order chi connectivity index (χ1) is 9.99. The maximum Gasteiger partial charge on any atom is 0.284 e. The maximum atomic E-state index is 12.2. The van der Waals surface area contributed by atoms with Crippen LogP contribution in [0.1, 0.15) is 29.6 Å². The van der Waals surface area contributed by atoms with Gasteiger partial charge in [-0.1, -0.05) is 6.07 Å². The molecular formula is C14H17BrN2O4. The van der Waals surface area contributed by atoms with Crippen LogP contribution in [-0.4, -0.2) is 31.1 Å². The molecule has 0 heterocycles. The van der Waals surface area contributed by atoms with Crippen molar-refractivity contribution in [3.05, 3.63) is 38.3 Å². The molecule has 0 spiro atoms. The average molecular weight is 357 g/mol. The Labute approximate surface area is 131 Å². The zero-order valence-electron chi connectivity index (χ0n) is 11.7. The highest BCUT2D eigenvalue weighted by molar-refractivity contribution is 9.10. The number of nitrogens with zero attached hydrogens (tertiary/aromatic N) is 1. The Balaban J connectivity index is 2.01. The monoisotopic (exact) mass is 356 g/mol. The van der Waals surface area contributed by atoms with Gasteiger partial charge < -0.3 is 10.1 Å². The molecule has 1 amide bonds. The van der Waals surface area contributed by atoms with E-state index in [0.717, 1.165) is 19.3 Å². The number of nitrogens with one attached hydrogen (secondary N) is 1. The van der Waals surface area contributed by atoms with Crippen molar-refractivity contribution in [2.24, 2.45) is 5.41 Å². The Morgan fingerprint density at radius 2 is 2.24 bits per heavy atom. The summed E-state index contributed by atoms with van der Waals surface area (Å²) >= 11 is 3.14. The number of nitro benzene ring substituents is 1. The number of amides is 1. The van der Waals surface area contributed by atoms with E-state index in [2.05, 4.69) is 21.2 Å². The minimum absolute atomic E-state index is 0.108. The van der Waals surface area contributed by atoms with Crippen LogP contribution in [0.4, 0.5) is 5.69 Å². The van der Waals surface area contributed by atoms with E-state index in [1.54, 1.807) is 13.2 Å². The Bertz CT molecular complexity index is 558. The number of carbonyl (C=O) groups is 1. The van der Waals surface area contributed by atoms with Gasteiger partial charge in [0, 0.05) is 26.3 Å². The molecule has 1 aromatic carbocycles. The van der Waals surface area contributed by atoms with Gasteiger partial charge in [-0.15, -0.1) is 0 Å². The lowest BCUT2D eigenvalue weighted by Gasteiger charge is -2.15. The molecule has 0 aliphatic heterocycles. The summed E-state index contributed by atoms with van der Waals surface area (Å²) in [7, 11) is 1.66. The van der Waals surface area contributed by atoms with Crippen molar-refractivity contribution in [1.29, 1.82) is 0 Å². The highest BCUT2D eigenvalue weighted by Gasteiger charge is 2.42. The molecule has 1 saturated carbocycles. The van der Waals surface area contributed by atoms with Crippen molar-refractivity contribution in [1.82, 2.24) is 5.32 Å². The van der Waals surface area contributed by atoms with Crippen LogP contribution in [0.25, 0.3) is 0 Å². The average Bonchev–Trinajstić information content (AvgIpc) is 3.23. The molecule has 0 unspecified atom stereocenters. The lowest BCUT2D eigenvalue weighted by atomic mass is 10.0.